The zero-order valence-corrected chi connectivity index (χ0v) is 9.18. The van der Waals surface area contributed by atoms with E-state index in [0.29, 0.717) is 4.05 Å². The highest BCUT2D eigenvalue weighted by Crippen LogP contribution is 2.05. The predicted octanol–water partition coefficient (Wildman–Crippen LogP) is 1.31. The third kappa shape index (κ3) is 3.73. The Bertz CT molecular complexity index is 74.0. The fraction of sp³-hybridized carbons (Fsp3) is 1.00. The van der Waals surface area contributed by atoms with E-state index in [1.165, 1.54) is 0 Å². The lowest BCUT2D eigenvalue weighted by Crippen LogP contribution is -2.36. The van der Waals surface area contributed by atoms with Crippen molar-refractivity contribution in [2.45, 2.75) is 17.9 Å². The number of hydrogen-bond donors (Lipinski definition) is 1. The van der Waals surface area contributed by atoms with E-state index >= 15 is 0 Å². The maximum Gasteiger partial charge on any atom is 0.0744 e. The van der Waals surface area contributed by atoms with E-state index in [9.17, 15) is 0 Å². The molecule has 0 aliphatic carbocycles. The van der Waals surface area contributed by atoms with Gasteiger partial charge in [-0.3, -0.25) is 4.90 Å². The molecule has 0 saturated heterocycles. The summed E-state index contributed by atoms with van der Waals surface area (Å²) in [7, 11) is 2.00. The van der Waals surface area contributed by atoms with Gasteiger partial charge in [0.25, 0.3) is 0 Å². The Morgan fingerprint density at radius 2 is 1.90 bits per heavy atom. The van der Waals surface area contributed by atoms with E-state index in [0.717, 1.165) is 19.6 Å². The first-order valence-corrected chi connectivity index (χ1v) is 5.03. The lowest BCUT2D eigenvalue weighted by atomic mass is 10.5. The molecule has 1 unspecified atom stereocenters. The quantitative estimate of drug-likeness (QED) is 0.453. The maximum atomic E-state index is 3.17. The number of nitrogens with one attached hydrogen (secondary N) is 1. The van der Waals surface area contributed by atoms with Crippen LogP contribution in [-0.2, 0) is 0 Å². The summed E-state index contributed by atoms with van der Waals surface area (Å²) in [5, 5.41) is 3.17. The predicted molar refractivity (Wildman–Crippen MR) is 54.7 cm³/mol. The Labute approximate surface area is 77.5 Å². The molecule has 0 aliphatic heterocycles. The van der Waals surface area contributed by atoms with E-state index in [1.54, 1.807) is 0 Å². The van der Waals surface area contributed by atoms with Gasteiger partial charge in [-0.1, -0.05) is 36.4 Å². The SMILES string of the molecule is CCN(CC)C(I)CNC. The van der Waals surface area contributed by atoms with Crippen molar-refractivity contribution in [2.75, 3.05) is 26.7 Å². The highest BCUT2D eigenvalue weighted by molar-refractivity contribution is 14.1. The van der Waals surface area contributed by atoms with Gasteiger partial charge in [-0.15, -0.1) is 0 Å². The molecule has 0 aromatic rings. The maximum absolute atomic E-state index is 3.17. The molecule has 62 valence electrons. The number of nitrogens with zero attached hydrogens (tertiary/aromatic N) is 1. The summed E-state index contributed by atoms with van der Waals surface area (Å²) in [6.45, 7) is 7.76. The second-order valence-corrected chi connectivity index (χ2v) is 3.65. The van der Waals surface area contributed by atoms with Crippen molar-refractivity contribution in [1.82, 2.24) is 10.2 Å². The zero-order valence-electron chi connectivity index (χ0n) is 7.02. The van der Waals surface area contributed by atoms with Crippen LogP contribution in [0.4, 0.5) is 0 Å². The molecule has 0 amide bonds. The highest BCUT2D eigenvalue weighted by atomic mass is 127. The largest absolute Gasteiger partial charge is 0.317 e. The number of alkyl halides is 1. The first-order valence-electron chi connectivity index (χ1n) is 3.78. The van der Waals surface area contributed by atoms with Gasteiger partial charge < -0.3 is 5.32 Å². The van der Waals surface area contributed by atoms with Crippen LogP contribution in [-0.4, -0.2) is 35.6 Å². The Kier molecular flexibility index (Phi) is 6.78. The molecule has 1 N–H and O–H groups in total. The van der Waals surface area contributed by atoms with Crippen molar-refractivity contribution in [3.05, 3.63) is 0 Å². The van der Waals surface area contributed by atoms with Gasteiger partial charge in [0.15, 0.2) is 0 Å². The van der Waals surface area contributed by atoms with Crippen LogP contribution >= 0.6 is 22.6 Å². The molecule has 0 aliphatic rings. The van der Waals surface area contributed by atoms with Crippen molar-refractivity contribution in [1.29, 1.82) is 0 Å². The second kappa shape index (κ2) is 6.37. The standard InChI is InChI=1S/C7H17IN2/c1-4-10(5-2)7(8)6-9-3/h7,9H,4-6H2,1-3H3. The van der Waals surface area contributed by atoms with Crippen molar-refractivity contribution in [2.24, 2.45) is 0 Å². The van der Waals surface area contributed by atoms with E-state index in [2.05, 4.69) is 46.7 Å². The van der Waals surface area contributed by atoms with Crippen LogP contribution < -0.4 is 5.32 Å². The highest BCUT2D eigenvalue weighted by Gasteiger charge is 2.08. The second-order valence-electron chi connectivity index (χ2n) is 2.21. The molecule has 0 radical (unpaired) electrons. The number of halogens is 1. The van der Waals surface area contributed by atoms with Crippen LogP contribution in [0, 0.1) is 0 Å². The summed E-state index contributed by atoms with van der Waals surface area (Å²) < 4.78 is 0.637. The third-order valence-electron chi connectivity index (χ3n) is 1.58. The molecule has 10 heavy (non-hydrogen) atoms. The van der Waals surface area contributed by atoms with Crippen molar-refractivity contribution in [3.63, 3.8) is 0 Å². The number of rotatable bonds is 5. The summed E-state index contributed by atoms with van der Waals surface area (Å²) in [5.41, 5.74) is 0. The first kappa shape index (κ1) is 10.7. The number of hydrogen-bond acceptors (Lipinski definition) is 2. The van der Waals surface area contributed by atoms with Gasteiger partial charge in [0.2, 0.25) is 0 Å². The minimum atomic E-state index is 0.637. The fourth-order valence-corrected chi connectivity index (χ4v) is 2.15. The van der Waals surface area contributed by atoms with Crippen LogP contribution in [0.2, 0.25) is 0 Å². The van der Waals surface area contributed by atoms with Gasteiger partial charge in [0.05, 0.1) is 4.05 Å². The summed E-state index contributed by atoms with van der Waals surface area (Å²) in [6, 6.07) is 0. The topological polar surface area (TPSA) is 15.3 Å². The lowest BCUT2D eigenvalue weighted by Gasteiger charge is -2.24. The summed E-state index contributed by atoms with van der Waals surface area (Å²) in [5.74, 6) is 0. The van der Waals surface area contributed by atoms with Gasteiger partial charge in [0, 0.05) is 6.54 Å². The van der Waals surface area contributed by atoms with Crippen LogP contribution in [0.3, 0.4) is 0 Å². The molecule has 0 fully saturated rings. The van der Waals surface area contributed by atoms with Gasteiger partial charge in [0.1, 0.15) is 0 Å². The molecule has 3 heteroatoms. The van der Waals surface area contributed by atoms with E-state index < -0.39 is 0 Å². The molecule has 0 aromatic heterocycles. The van der Waals surface area contributed by atoms with Gasteiger partial charge >= 0.3 is 0 Å². The van der Waals surface area contributed by atoms with Crippen LogP contribution in [0.25, 0.3) is 0 Å². The molecule has 0 bridgehead atoms. The normalized spacial score (nSPS) is 14.1. The van der Waals surface area contributed by atoms with Gasteiger partial charge in [-0.2, -0.15) is 0 Å². The average Bonchev–Trinajstić information content (AvgIpc) is 1.91. The molecular weight excluding hydrogens is 239 g/mol. The first-order chi connectivity index (χ1) is 4.76. The molecular formula is C7H17IN2. The van der Waals surface area contributed by atoms with E-state index in [4.69, 9.17) is 0 Å². The third-order valence-corrected chi connectivity index (χ3v) is 2.81. The van der Waals surface area contributed by atoms with E-state index in [1.807, 2.05) is 7.05 Å². The summed E-state index contributed by atoms with van der Waals surface area (Å²) in [6.07, 6.45) is 0. The molecule has 2 nitrogen and oxygen atoms in total. The minimum Gasteiger partial charge on any atom is -0.317 e. The molecule has 0 spiro atoms. The lowest BCUT2D eigenvalue weighted by molar-refractivity contribution is 0.292. The minimum absolute atomic E-state index is 0.637. The average molecular weight is 256 g/mol. The Morgan fingerprint density at radius 1 is 1.40 bits per heavy atom. The Morgan fingerprint density at radius 3 is 2.20 bits per heavy atom. The Hall–Kier alpha value is 0.650. The summed E-state index contributed by atoms with van der Waals surface area (Å²) >= 11 is 2.47. The van der Waals surface area contributed by atoms with Crippen molar-refractivity contribution in [3.8, 4) is 0 Å². The Balaban J connectivity index is 3.53. The molecule has 0 rings (SSSR count). The number of likely N-dealkylation sites (N-methyl/N-ethyl adjacent to an activating group) is 2. The van der Waals surface area contributed by atoms with Gasteiger partial charge in [-0.05, 0) is 20.1 Å². The van der Waals surface area contributed by atoms with Crippen molar-refractivity contribution < 1.29 is 0 Å². The van der Waals surface area contributed by atoms with Gasteiger partial charge in [-0.25, -0.2) is 0 Å². The molecule has 1 atom stereocenters. The van der Waals surface area contributed by atoms with E-state index in [-0.39, 0.29) is 0 Å². The molecule has 0 saturated carbocycles. The molecule has 0 aromatic carbocycles. The van der Waals surface area contributed by atoms with Crippen LogP contribution in [0.5, 0.6) is 0 Å². The zero-order chi connectivity index (χ0) is 7.98. The fourth-order valence-electron chi connectivity index (χ4n) is 0.917. The smallest absolute Gasteiger partial charge is 0.0744 e. The monoisotopic (exact) mass is 256 g/mol. The molecule has 0 heterocycles. The van der Waals surface area contributed by atoms with Crippen LogP contribution in [0.15, 0.2) is 0 Å². The van der Waals surface area contributed by atoms with Crippen LogP contribution in [0.1, 0.15) is 13.8 Å². The summed E-state index contributed by atoms with van der Waals surface area (Å²) in [4.78, 5) is 2.43. The van der Waals surface area contributed by atoms with Crippen molar-refractivity contribution >= 4 is 22.6 Å².